The van der Waals surface area contributed by atoms with Crippen molar-refractivity contribution < 1.29 is 22.8 Å². The Balaban J connectivity index is 0.970. The van der Waals surface area contributed by atoms with Gasteiger partial charge in [-0.1, -0.05) is 97.4 Å². The van der Waals surface area contributed by atoms with Gasteiger partial charge in [-0.3, -0.25) is 14.5 Å². The highest BCUT2D eigenvalue weighted by molar-refractivity contribution is 6.00. The lowest BCUT2D eigenvalue weighted by Gasteiger charge is -2.35. The van der Waals surface area contributed by atoms with Gasteiger partial charge in [-0.2, -0.15) is 13.2 Å². The predicted octanol–water partition coefficient (Wildman–Crippen LogP) is 6.76. The van der Waals surface area contributed by atoms with Crippen LogP contribution in [0.15, 0.2) is 91.0 Å². The highest BCUT2D eigenvalue weighted by Gasteiger charge is 2.49. The molecule has 1 aliphatic heterocycles. The molecule has 1 heterocycles. The quantitative estimate of drug-likeness (QED) is 0.182. The first-order chi connectivity index (χ1) is 22.7. The van der Waals surface area contributed by atoms with Crippen LogP contribution in [0.2, 0.25) is 0 Å². The van der Waals surface area contributed by atoms with E-state index in [-0.39, 0.29) is 5.91 Å². The van der Waals surface area contributed by atoms with E-state index in [2.05, 4.69) is 52.7 Å². The normalized spacial score (nSPS) is 16.3. The van der Waals surface area contributed by atoms with Gasteiger partial charge in [0.2, 0.25) is 11.8 Å². The Morgan fingerprint density at radius 1 is 0.723 bits per heavy atom. The van der Waals surface area contributed by atoms with E-state index in [0.29, 0.717) is 32.4 Å². The molecule has 2 amide bonds. The molecular formula is C39H38F3N3O2. The third-order valence-corrected chi connectivity index (χ3v) is 10.1. The van der Waals surface area contributed by atoms with Crippen LogP contribution in [0.4, 0.5) is 13.2 Å². The molecule has 0 unspecified atom stereocenters. The third-order valence-electron chi connectivity index (χ3n) is 10.1. The predicted molar refractivity (Wildman–Crippen MR) is 177 cm³/mol. The second-order valence-electron chi connectivity index (χ2n) is 12.9. The number of fused-ring (bicyclic) bond motifs is 6. The van der Waals surface area contributed by atoms with Crippen molar-refractivity contribution in [3.05, 3.63) is 119 Å². The van der Waals surface area contributed by atoms with Gasteiger partial charge in [-0.05, 0) is 75.9 Å². The van der Waals surface area contributed by atoms with Gasteiger partial charge in [-0.25, -0.2) is 0 Å². The van der Waals surface area contributed by atoms with Gasteiger partial charge in [0.15, 0.2) is 0 Å². The van der Waals surface area contributed by atoms with Crippen molar-refractivity contribution in [2.24, 2.45) is 0 Å². The number of alkyl halides is 3. The maximum absolute atomic E-state index is 13.7. The first kappa shape index (κ1) is 31.2. The number of hydrogen-bond donors (Lipinski definition) is 1. The van der Waals surface area contributed by atoms with E-state index in [4.69, 9.17) is 0 Å². The SMILES string of the molecule is O=C(Cc1cccc2c1-c1ccccc1C2)N1CCN(CCCCC2(C(=O)NCC(F)(F)F)c3ccccc3-c3ccccc32)CC1. The Labute approximate surface area is 273 Å². The minimum absolute atomic E-state index is 0.146. The van der Waals surface area contributed by atoms with Crippen LogP contribution < -0.4 is 5.32 Å². The summed E-state index contributed by atoms with van der Waals surface area (Å²) in [6.07, 6.45) is -1.33. The van der Waals surface area contributed by atoms with E-state index in [1.54, 1.807) is 0 Å². The maximum Gasteiger partial charge on any atom is 0.405 e. The molecule has 0 radical (unpaired) electrons. The number of benzene rings is 4. The van der Waals surface area contributed by atoms with E-state index in [0.717, 1.165) is 60.3 Å². The Bertz CT molecular complexity index is 1760. The van der Waals surface area contributed by atoms with Crippen molar-refractivity contribution in [3.8, 4) is 22.3 Å². The molecule has 0 aromatic heterocycles. The molecule has 0 bridgehead atoms. The topological polar surface area (TPSA) is 52.7 Å². The van der Waals surface area contributed by atoms with Gasteiger partial charge in [-0.15, -0.1) is 0 Å². The first-order valence-corrected chi connectivity index (χ1v) is 16.5. The summed E-state index contributed by atoms with van der Waals surface area (Å²) in [6, 6.07) is 29.8. The van der Waals surface area contributed by atoms with Crippen molar-refractivity contribution in [1.29, 1.82) is 0 Å². The van der Waals surface area contributed by atoms with Crippen LogP contribution in [0.25, 0.3) is 22.3 Å². The minimum Gasteiger partial charge on any atom is -0.346 e. The van der Waals surface area contributed by atoms with Crippen LogP contribution in [-0.2, 0) is 27.8 Å². The summed E-state index contributed by atoms with van der Waals surface area (Å²) in [4.78, 5) is 31.4. The zero-order chi connectivity index (χ0) is 32.6. The Morgan fingerprint density at radius 3 is 2.02 bits per heavy atom. The molecule has 4 aromatic carbocycles. The molecule has 0 saturated carbocycles. The largest absolute Gasteiger partial charge is 0.405 e. The molecule has 0 atom stereocenters. The van der Waals surface area contributed by atoms with Gasteiger partial charge < -0.3 is 10.2 Å². The first-order valence-electron chi connectivity index (χ1n) is 16.5. The number of nitrogens with zero attached hydrogens (tertiary/aromatic N) is 2. The van der Waals surface area contributed by atoms with Gasteiger partial charge in [0, 0.05) is 26.2 Å². The molecule has 7 rings (SSSR count). The fourth-order valence-corrected chi connectivity index (χ4v) is 7.92. The summed E-state index contributed by atoms with van der Waals surface area (Å²) in [5.74, 6) is -0.459. The summed E-state index contributed by atoms with van der Waals surface area (Å²) in [5, 5.41) is 2.22. The zero-order valence-electron chi connectivity index (χ0n) is 26.3. The minimum atomic E-state index is -4.50. The molecular weight excluding hydrogens is 599 g/mol. The van der Waals surface area contributed by atoms with E-state index < -0.39 is 24.0 Å². The number of halogens is 3. The Morgan fingerprint density at radius 2 is 1.34 bits per heavy atom. The van der Waals surface area contributed by atoms with Crippen molar-refractivity contribution in [1.82, 2.24) is 15.1 Å². The Kier molecular flexibility index (Phi) is 8.39. The van der Waals surface area contributed by atoms with Gasteiger partial charge >= 0.3 is 6.18 Å². The average Bonchev–Trinajstić information content (AvgIpc) is 3.60. The number of nitrogens with one attached hydrogen (secondary N) is 1. The number of hydrogen-bond acceptors (Lipinski definition) is 3. The standard InChI is InChI=1S/C39H38F3N3O2/c40-39(41,42)26-43-37(47)38(33-16-5-3-14-31(33)32-15-4-6-17-34(32)38)18-7-8-19-44-20-22-45(23-21-44)35(46)25-29-12-9-11-28-24-27-10-1-2-13-30(27)36(28)29/h1-6,9-17H,7-8,18-26H2,(H,43,47). The second kappa shape index (κ2) is 12.6. The number of rotatable bonds is 9. The molecule has 5 nitrogen and oxygen atoms in total. The van der Waals surface area contributed by atoms with Crippen LogP contribution in [0.1, 0.15) is 47.1 Å². The highest BCUT2D eigenvalue weighted by Crippen LogP contribution is 2.51. The molecule has 8 heteroatoms. The molecule has 242 valence electrons. The zero-order valence-corrected chi connectivity index (χ0v) is 26.3. The Hall–Kier alpha value is -4.43. The average molecular weight is 638 g/mol. The fraction of sp³-hybridized carbons (Fsp3) is 0.333. The number of carbonyl (C=O) groups is 2. The third kappa shape index (κ3) is 5.95. The molecule has 3 aliphatic rings. The maximum atomic E-state index is 13.7. The van der Waals surface area contributed by atoms with Gasteiger partial charge in [0.25, 0.3) is 0 Å². The summed E-state index contributed by atoms with van der Waals surface area (Å²) < 4.78 is 39.5. The van der Waals surface area contributed by atoms with Gasteiger partial charge in [0.1, 0.15) is 12.0 Å². The summed E-state index contributed by atoms with van der Waals surface area (Å²) >= 11 is 0. The number of amides is 2. The van der Waals surface area contributed by atoms with E-state index in [9.17, 15) is 22.8 Å². The lowest BCUT2D eigenvalue weighted by Crippen LogP contribution is -2.49. The van der Waals surface area contributed by atoms with E-state index >= 15 is 0 Å². The van der Waals surface area contributed by atoms with Crippen LogP contribution in [0.3, 0.4) is 0 Å². The molecule has 47 heavy (non-hydrogen) atoms. The van der Waals surface area contributed by atoms with E-state index in [1.807, 2.05) is 53.4 Å². The molecule has 1 N–H and O–H groups in total. The molecule has 0 spiro atoms. The lowest BCUT2D eigenvalue weighted by molar-refractivity contribution is -0.141. The highest BCUT2D eigenvalue weighted by atomic mass is 19.4. The van der Waals surface area contributed by atoms with Crippen molar-refractivity contribution in [2.75, 3.05) is 39.3 Å². The number of carbonyl (C=O) groups excluding carboxylic acids is 2. The van der Waals surface area contributed by atoms with Crippen molar-refractivity contribution >= 4 is 11.8 Å². The fourth-order valence-electron chi connectivity index (χ4n) is 7.92. The molecule has 1 fully saturated rings. The second-order valence-corrected chi connectivity index (χ2v) is 12.9. The van der Waals surface area contributed by atoms with Crippen LogP contribution in [0, 0.1) is 0 Å². The summed E-state index contributed by atoms with van der Waals surface area (Å²) in [6.45, 7) is 2.30. The van der Waals surface area contributed by atoms with E-state index in [1.165, 1.54) is 22.3 Å². The van der Waals surface area contributed by atoms with Crippen LogP contribution in [0.5, 0.6) is 0 Å². The number of unbranched alkanes of at least 4 members (excludes halogenated alkanes) is 1. The van der Waals surface area contributed by atoms with Gasteiger partial charge in [0.05, 0.1) is 6.42 Å². The monoisotopic (exact) mass is 637 g/mol. The molecule has 2 aliphatic carbocycles. The summed E-state index contributed by atoms with van der Waals surface area (Å²) in [7, 11) is 0. The number of piperazine rings is 1. The van der Waals surface area contributed by atoms with Crippen LogP contribution in [-0.4, -0.2) is 67.1 Å². The molecule has 1 saturated heterocycles. The summed E-state index contributed by atoms with van der Waals surface area (Å²) in [5.41, 5.74) is 8.28. The van der Waals surface area contributed by atoms with Crippen molar-refractivity contribution in [3.63, 3.8) is 0 Å². The lowest BCUT2D eigenvalue weighted by atomic mass is 9.73. The molecule has 4 aromatic rings. The smallest absolute Gasteiger partial charge is 0.346 e. The van der Waals surface area contributed by atoms with Crippen LogP contribution >= 0.6 is 0 Å². The van der Waals surface area contributed by atoms with Crippen molar-refractivity contribution in [2.45, 2.75) is 43.7 Å².